The number of carboxylic acid groups (broad SMARTS) is 2. The van der Waals surface area contributed by atoms with E-state index in [4.69, 9.17) is 22.3 Å². The highest BCUT2D eigenvalue weighted by molar-refractivity contribution is 5.94. The molecule has 14 nitrogen and oxygen atoms in total. The van der Waals surface area contributed by atoms with Crippen LogP contribution in [0.2, 0.25) is 0 Å². The van der Waals surface area contributed by atoms with E-state index in [1.54, 1.807) is 44.2 Å². The summed E-state index contributed by atoms with van der Waals surface area (Å²) in [4.78, 5) is 65.2. The number of guanidine groups is 1. The summed E-state index contributed by atoms with van der Waals surface area (Å²) in [5.74, 6) is -5.07. The van der Waals surface area contributed by atoms with Crippen molar-refractivity contribution in [3.05, 3.63) is 35.9 Å². The fourth-order valence-electron chi connectivity index (χ4n) is 3.56. The molecule has 0 radical (unpaired) electrons. The van der Waals surface area contributed by atoms with Crippen LogP contribution in [0.25, 0.3) is 0 Å². The Morgan fingerprint density at radius 1 is 0.872 bits per heavy atom. The van der Waals surface area contributed by atoms with E-state index < -0.39 is 59.7 Å². The third kappa shape index (κ3) is 12.7. The molecule has 4 unspecified atom stereocenters. The minimum Gasteiger partial charge on any atom is -0.481 e. The summed E-state index contributed by atoms with van der Waals surface area (Å²) in [5.41, 5.74) is 17.1. The number of amides is 3. The van der Waals surface area contributed by atoms with Crippen molar-refractivity contribution >= 4 is 35.6 Å². The van der Waals surface area contributed by atoms with E-state index in [1.165, 1.54) is 0 Å². The number of nitrogens with two attached hydrogens (primary N) is 3. The maximum absolute atomic E-state index is 13.2. The van der Waals surface area contributed by atoms with Crippen molar-refractivity contribution in [2.24, 2.45) is 28.1 Å². The summed E-state index contributed by atoms with van der Waals surface area (Å²) >= 11 is 0. The Morgan fingerprint density at radius 3 is 2.03 bits per heavy atom. The van der Waals surface area contributed by atoms with Gasteiger partial charge in [0.25, 0.3) is 0 Å². The van der Waals surface area contributed by atoms with Crippen molar-refractivity contribution in [2.45, 2.75) is 70.1 Å². The number of rotatable bonds is 17. The van der Waals surface area contributed by atoms with Gasteiger partial charge in [-0.15, -0.1) is 0 Å². The molecule has 39 heavy (non-hydrogen) atoms. The van der Waals surface area contributed by atoms with E-state index in [-0.39, 0.29) is 44.6 Å². The summed E-state index contributed by atoms with van der Waals surface area (Å²) < 4.78 is 0. The van der Waals surface area contributed by atoms with Crippen molar-refractivity contribution < 1.29 is 34.2 Å². The molecule has 1 rings (SSSR count). The Bertz CT molecular complexity index is 1010. The molecule has 0 heterocycles. The molecule has 4 atom stereocenters. The first kappa shape index (κ1) is 32.8. The Kier molecular flexibility index (Phi) is 14.0. The first-order valence-electron chi connectivity index (χ1n) is 12.5. The van der Waals surface area contributed by atoms with Crippen LogP contribution in [0.4, 0.5) is 0 Å². The monoisotopic (exact) mass is 549 g/mol. The van der Waals surface area contributed by atoms with E-state index in [2.05, 4.69) is 20.9 Å². The van der Waals surface area contributed by atoms with E-state index in [0.717, 1.165) is 0 Å². The molecule has 0 fully saturated rings. The lowest BCUT2D eigenvalue weighted by Gasteiger charge is -2.27. The molecule has 1 aromatic rings. The molecule has 11 N–H and O–H groups in total. The maximum Gasteiger partial charge on any atom is 0.326 e. The molecule has 0 saturated carbocycles. The van der Waals surface area contributed by atoms with Gasteiger partial charge >= 0.3 is 11.9 Å². The number of hydrogen-bond acceptors (Lipinski definition) is 7. The van der Waals surface area contributed by atoms with Crippen molar-refractivity contribution in [2.75, 3.05) is 6.54 Å². The highest BCUT2D eigenvalue weighted by Crippen LogP contribution is 2.08. The van der Waals surface area contributed by atoms with Crippen LogP contribution in [-0.2, 0) is 30.4 Å². The zero-order chi connectivity index (χ0) is 29.5. The predicted octanol–water partition coefficient (Wildman–Crippen LogP) is -1.33. The molecule has 0 saturated heterocycles. The van der Waals surface area contributed by atoms with Gasteiger partial charge in [0.1, 0.15) is 18.1 Å². The van der Waals surface area contributed by atoms with Crippen molar-refractivity contribution in [1.29, 1.82) is 0 Å². The number of carbonyl (C=O) groups excluding carboxylic acids is 3. The number of nitrogens with zero attached hydrogens (tertiary/aromatic N) is 1. The fraction of sp³-hybridized carbons (Fsp3) is 0.520. The molecule has 0 spiro atoms. The Hall–Kier alpha value is -4.20. The van der Waals surface area contributed by atoms with Crippen molar-refractivity contribution in [1.82, 2.24) is 16.0 Å². The van der Waals surface area contributed by atoms with Crippen LogP contribution in [-0.4, -0.2) is 76.5 Å². The number of aliphatic imine (C=N–C) groups is 1. The quantitative estimate of drug-likeness (QED) is 0.0645. The van der Waals surface area contributed by atoms with Gasteiger partial charge in [-0.3, -0.25) is 24.2 Å². The minimum atomic E-state index is -1.26. The van der Waals surface area contributed by atoms with E-state index in [9.17, 15) is 29.1 Å². The molecular formula is C25H39N7O7. The topological polar surface area (TPSA) is 252 Å². The van der Waals surface area contributed by atoms with Crippen LogP contribution in [0.3, 0.4) is 0 Å². The fourth-order valence-corrected chi connectivity index (χ4v) is 3.56. The molecular weight excluding hydrogens is 510 g/mol. The van der Waals surface area contributed by atoms with Gasteiger partial charge in [0.05, 0.1) is 6.04 Å². The lowest BCUT2D eigenvalue weighted by molar-refractivity contribution is -0.142. The summed E-state index contributed by atoms with van der Waals surface area (Å²) in [7, 11) is 0. The average molecular weight is 550 g/mol. The van der Waals surface area contributed by atoms with Gasteiger partial charge in [-0.25, -0.2) is 4.79 Å². The first-order valence-corrected chi connectivity index (χ1v) is 12.5. The first-order chi connectivity index (χ1) is 18.3. The second-order valence-corrected chi connectivity index (χ2v) is 9.37. The molecule has 14 heteroatoms. The Labute approximate surface area is 226 Å². The number of carbonyl (C=O) groups is 5. The summed E-state index contributed by atoms with van der Waals surface area (Å²) in [5, 5.41) is 26.0. The number of aliphatic carboxylic acids is 2. The largest absolute Gasteiger partial charge is 0.481 e. The molecule has 0 aliphatic rings. The number of hydrogen-bond donors (Lipinski definition) is 8. The average Bonchev–Trinajstić information content (AvgIpc) is 2.86. The van der Waals surface area contributed by atoms with Gasteiger partial charge in [-0.2, -0.15) is 0 Å². The van der Waals surface area contributed by atoms with Crippen LogP contribution in [0.5, 0.6) is 0 Å². The number of nitrogens with one attached hydrogen (secondary N) is 3. The smallest absolute Gasteiger partial charge is 0.326 e. The third-order valence-electron chi connectivity index (χ3n) is 5.73. The second-order valence-electron chi connectivity index (χ2n) is 9.37. The maximum atomic E-state index is 13.2. The van der Waals surface area contributed by atoms with Gasteiger partial charge < -0.3 is 43.4 Å². The molecule has 3 amide bonds. The van der Waals surface area contributed by atoms with Gasteiger partial charge in [0, 0.05) is 19.4 Å². The van der Waals surface area contributed by atoms with Crippen LogP contribution >= 0.6 is 0 Å². The van der Waals surface area contributed by atoms with E-state index in [1.807, 2.05) is 0 Å². The molecule has 0 bridgehead atoms. The lowest BCUT2D eigenvalue weighted by Crippen LogP contribution is -2.58. The Balaban J connectivity index is 3.02. The second kappa shape index (κ2) is 16.6. The summed E-state index contributed by atoms with van der Waals surface area (Å²) in [6.07, 6.45) is -0.0653. The van der Waals surface area contributed by atoms with Crippen LogP contribution < -0.4 is 33.2 Å². The van der Waals surface area contributed by atoms with Crippen LogP contribution in [0.1, 0.15) is 45.1 Å². The predicted molar refractivity (Wildman–Crippen MR) is 143 cm³/mol. The Morgan fingerprint density at radius 2 is 1.49 bits per heavy atom. The zero-order valence-electron chi connectivity index (χ0n) is 22.1. The van der Waals surface area contributed by atoms with E-state index >= 15 is 0 Å². The van der Waals surface area contributed by atoms with Crippen LogP contribution in [0.15, 0.2) is 35.3 Å². The highest BCUT2D eigenvalue weighted by Gasteiger charge is 2.31. The lowest BCUT2D eigenvalue weighted by atomic mass is 10.0. The minimum absolute atomic E-state index is 0.0233. The van der Waals surface area contributed by atoms with Gasteiger partial charge in [0.15, 0.2) is 5.96 Å². The van der Waals surface area contributed by atoms with E-state index in [0.29, 0.717) is 5.56 Å². The number of benzene rings is 1. The molecule has 0 aromatic heterocycles. The SMILES string of the molecule is CC(C)C(NC(=O)C(N)CCC(=O)O)C(=O)NC(CCCN=C(N)N)C(=O)NC(Cc1ccccc1)C(=O)O. The van der Waals surface area contributed by atoms with Gasteiger partial charge in [-0.05, 0) is 30.7 Å². The van der Waals surface area contributed by atoms with Crippen molar-refractivity contribution in [3.8, 4) is 0 Å². The number of carboxylic acids is 2. The summed E-state index contributed by atoms with van der Waals surface area (Å²) in [6.45, 7) is 3.50. The standard InChI is InChI=1S/C25H39N7O7/c1-14(2)20(32-21(35)16(26)10-11-19(33)34)23(37)30-17(9-6-12-29-25(27)28)22(36)31-18(24(38)39)13-15-7-4-3-5-8-15/h3-5,7-8,14,16-18,20H,6,9-13,26H2,1-2H3,(H,30,37)(H,31,36)(H,32,35)(H,33,34)(H,38,39)(H4,27,28,29). The molecule has 0 aliphatic carbocycles. The van der Waals surface area contributed by atoms with Gasteiger partial charge in [0.2, 0.25) is 17.7 Å². The third-order valence-corrected chi connectivity index (χ3v) is 5.73. The molecule has 1 aromatic carbocycles. The normalized spacial score (nSPS) is 13.8. The van der Waals surface area contributed by atoms with Gasteiger partial charge in [-0.1, -0.05) is 44.2 Å². The molecule has 216 valence electrons. The van der Waals surface area contributed by atoms with Crippen LogP contribution in [0, 0.1) is 5.92 Å². The summed E-state index contributed by atoms with van der Waals surface area (Å²) in [6, 6.07) is 4.06. The molecule has 0 aliphatic heterocycles. The zero-order valence-corrected chi connectivity index (χ0v) is 22.1. The van der Waals surface area contributed by atoms with Crippen molar-refractivity contribution in [3.63, 3.8) is 0 Å². The highest BCUT2D eigenvalue weighted by atomic mass is 16.4.